The number of hydrogen-bond donors (Lipinski definition) is 6. The van der Waals surface area contributed by atoms with Crippen LogP contribution >= 0.6 is 0 Å². The van der Waals surface area contributed by atoms with Gasteiger partial charge in [0.2, 0.25) is 17.7 Å². The van der Waals surface area contributed by atoms with Crippen LogP contribution in [0.4, 0.5) is 39.5 Å². The summed E-state index contributed by atoms with van der Waals surface area (Å²) in [7, 11) is 2.06. The molecule has 101 heavy (non-hydrogen) atoms. The molecule has 6 N–H and O–H groups in total. The van der Waals surface area contributed by atoms with Crippen LogP contribution in [0.3, 0.4) is 0 Å². The molecule has 0 aromatic heterocycles. The number of nitrogens with zero attached hydrogens (tertiary/aromatic N) is 1. The van der Waals surface area contributed by atoms with Crippen LogP contribution in [0.25, 0.3) is 0 Å². The summed E-state index contributed by atoms with van der Waals surface area (Å²) < 4.78 is 116. The monoisotopic (exact) mass is 1420 g/mol. The maximum Gasteiger partial charge on any atom is 0.416 e. The van der Waals surface area contributed by atoms with E-state index in [0.717, 1.165) is 139 Å². The van der Waals surface area contributed by atoms with E-state index in [-0.39, 0.29) is 97.7 Å². The first-order valence-corrected chi connectivity index (χ1v) is 34.8. The molecule has 3 saturated carbocycles. The number of rotatable bonds is 22. The number of amides is 5. The molecule has 3 aliphatic carbocycles. The van der Waals surface area contributed by atoms with E-state index >= 15 is 0 Å². The van der Waals surface area contributed by atoms with Crippen LogP contribution in [-0.2, 0) is 52.4 Å². The molecule has 9 rings (SSSR count). The number of alkyl halides is 9. The topological polar surface area (TPSA) is 178 Å². The minimum atomic E-state index is -4.53. The predicted octanol–water partition coefficient (Wildman–Crippen LogP) is 17.0. The quantitative estimate of drug-likeness (QED) is 0.0287. The van der Waals surface area contributed by atoms with Crippen LogP contribution in [0.1, 0.15) is 207 Å². The lowest BCUT2D eigenvalue weighted by Gasteiger charge is -2.38. The van der Waals surface area contributed by atoms with Gasteiger partial charge in [0.1, 0.15) is 0 Å². The van der Waals surface area contributed by atoms with Gasteiger partial charge in [0.15, 0.2) is 5.78 Å². The van der Waals surface area contributed by atoms with Gasteiger partial charge in [0, 0.05) is 80.0 Å². The summed E-state index contributed by atoms with van der Waals surface area (Å²) in [5, 5.41) is 17.6. The van der Waals surface area contributed by atoms with Gasteiger partial charge < -0.3 is 31.9 Å². The first-order chi connectivity index (χ1) is 47.7. The third kappa shape index (κ3) is 25.0. The highest BCUT2D eigenvalue weighted by atomic mass is 19.4. The van der Waals surface area contributed by atoms with E-state index in [1.807, 2.05) is 0 Å². The molecule has 0 bridgehead atoms. The van der Waals surface area contributed by atoms with Gasteiger partial charge in [0.05, 0.1) is 29.8 Å². The maximum atomic E-state index is 12.9. The Morgan fingerprint density at radius 3 is 1.39 bits per heavy atom. The molecule has 22 heteroatoms. The van der Waals surface area contributed by atoms with Crippen molar-refractivity contribution in [2.45, 2.75) is 213 Å². The number of halogens is 9. The zero-order chi connectivity index (χ0) is 73.8. The Morgan fingerprint density at radius 1 is 0.446 bits per heavy atom. The highest BCUT2D eigenvalue weighted by Crippen LogP contribution is 2.34. The summed E-state index contributed by atoms with van der Waals surface area (Å²) in [5.41, 5.74) is 9.61. The van der Waals surface area contributed by atoms with E-state index in [4.69, 9.17) is 0 Å². The number of carbonyl (C=O) groups excluding carboxylic acids is 6. The van der Waals surface area contributed by atoms with Crippen molar-refractivity contribution < 1.29 is 75.4 Å². The largest absolute Gasteiger partial charge is 0.416 e. The van der Waals surface area contributed by atoms with Gasteiger partial charge in [-0.05, 0) is 200 Å². The van der Waals surface area contributed by atoms with Crippen molar-refractivity contribution >= 4 is 35.3 Å². The molecule has 6 atom stereocenters. The van der Waals surface area contributed by atoms with E-state index < -0.39 is 52.8 Å². The molecule has 0 unspecified atom stereocenters. The van der Waals surface area contributed by atoms with Gasteiger partial charge in [-0.1, -0.05) is 128 Å². The average molecular weight is 1420 g/mol. The molecule has 3 aliphatic rings. The number of aryl methyl sites for hydroxylation is 8. The first kappa shape index (κ1) is 79.9. The minimum absolute atomic E-state index is 0. The van der Waals surface area contributed by atoms with Crippen molar-refractivity contribution in [1.82, 2.24) is 36.8 Å². The third-order valence-electron chi connectivity index (χ3n) is 19.4. The normalized spacial score (nSPS) is 18.6. The van der Waals surface area contributed by atoms with Crippen LogP contribution < -0.4 is 31.9 Å². The van der Waals surface area contributed by atoms with Crippen molar-refractivity contribution in [3.8, 4) is 0 Å². The molecule has 5 amide bonds. The molecule has 0 aliphatic heterocycles. The molecule has 6 aromatic rings. The number of Topliss-reactive ketones (excluding diaryl/α,β-unsaturated/α-hetero) is 1. The lowest BCUT2D eigenvalue weighted by atomic mass is 9.80. The van der Waals surface area contributed by atoms with Crippen molar-refractivity contribution in [3.05, 3.63) is 210 Å². The average Bonchev–Trinajstić information content (AvgIpc) is 0.841. The second kappa shape index (κ2) is 37.0. The number of carbonyl (C=O) groups is 6. The van der Waals surface area contributed by atoms with Crippen molar-refractivity contribution in [1.29, 1.82) is 0 Å². The van der Waals surface area contributed by atoms with Crippen LogP contribution in [0, 0.1) is 54.4 Å². The third-order valence-corrected chi connectivity index (χ3v) is 19.4. The fourth-order valence-electron chi connectivity index (χ4n) is 13.9. The molecule has 0 heterocycles. The fourth-order valence-corrected chi connectivity index (χ4v) is 13.9. The number of ketones is 1. The Hall–Kier alpha value is -8.37. The Bertz CT molecular complexity index is 3820. The van der Waals surface area contributed by atoms with Crippen LogP contribution in [0.15, 0.2) is 121 Å². The fraction of sp³-hybridized carbons (Fsp3) is 0.468. The van der Waals surface area contributed by atoms with E-state index in [1.165, 1.54) is 92.0 Å². The molecular formula is C79H106F9N7O6. The summed E-state index contributed by atoms with van der Waals surface area (Å²) in [6.07, 6.45) is 0.131. The zero-order valence-corrected chi connectivity index (χ0v) is 59.0. The van der Waals surface area contributed by atoms with E-state index in [1.54, 1.807) is 0 Å². The van der Waals surface area contributed by atoms with Gasteiger partial charge in [-0.2, -0.15) is 39.5 Å². The highest BCUT2D eigenvalue weighted by molar-refractivity contribution is 5.99. The van der Waals surface area contributed by atoms with Gasteiger partial charge in [-0.3, -0.25) is 33.7 Å². The Morgan fingerprint density at radius 2 is 0.871 bits per heavy atom. The molecule has 0 saturated heterocycles. The van der Waals surface area contributed by atoms with Gasteiger partial charge >= 0.3 is 18.5 Å². The predicted molar refractivity (Wildman–Crippen MR) is 385 cm³/mol. The van der Waals surface area contributed by atoms with Gasteiger partial charge in [0.25, 0.3) is 11.8 Å². The van der Waals surface area contributed by atoms with Gasteiger partial charge in [-0.25, -0.2) is 0 Å². The number of hydrogen-bond acceptors (Lipinski definition) is 8. The maximum absolute atomic E-state index is 12.9. The number of likely N-dealkylation sites (N-methyl/N-ethyl adjacent to an activating group) is 1. The summed E-state index contributed by atoms with van der Waals surface area (Å²) in [4.78, 5) is 76.8. The van der Waals surface area contributed by atoms with E-state index in [0.29, 0.717) is 5.92 Å². The lowest BCUT2D eigenvalue weighted by Crippen LogP contribution is -2.53. The Balaban J connectivity index is 0.000000528. The number of benzene rings is 6. The Kier molecular flexibility index (Phi) is 29.3. The summed E-state index contributed by atoms with van der Waals surface area (Å²) in [6, 6.07) is 30.2. The summed E-state index contributed by atoms with van der Waals surface area (Å²) in [5.74, 6) is -2.44. The highest BCUT2D eigenvalue weighted by Gasteiger charge is 2.35. The van der Waals surface area contributed by atoms with Crippen LogP contribution in [0.5, 0.6) is 0 Å². The minimum Gasteiger partial charge on any atom is -0.352 e. The molecule has 0 radical (unpaired) electrons. The molecular weight excluding hydrogens is 1310 g/mol. The van der Waals surface area contributed by atoms with E-state index in [9.17, 15) is 68.3 Å². The smallest absolute Gasteiger partial charge is 0.352 e. The molecule has 3 fully saturated rings. The van der Waals surface area contributed by atoms with Crippen molar-refractivity contribution in [3.63, 3.8) is 0 Å². The number of nitrogens with one attached hydrogen (secondary N) is 6. The standard InChI is InChI=1S/C27H33F3N2O2.C26H32F3N3O2.C26H31F3N2O2.5H2/c1-17-13-18(2)22(19(3)14-17)16-31-23-9-4-5-10-24(23)32-26(34)12-11-25(33)20-7-6-8-21(15-20)27(28,29)30;1-17-11-12-20(18(2)13-17)16-32(3)23-10-5-4-9-22(23)31-24(33)15-30-25(34)19-7-6-8-21(14-19)26(27,28)29;1-17-10-11-19(18(2)14-17)12-13-20-6-3-4-9-23(20)31-24(32)16-30-25(33)21-7-5-8-22(15-21)26(27,28)29;;;;;/h6-8,13-15,23-24,31H,4-5,9-12,16H2,1-3H3,(H,32,34);6-8,11-14,22-23H,4-5,9-10,15-16H2,1-3H3,(H,30,34)(H,31,33);5,7-8,10-11,14-15,20,23H,3-4,6,9,12-13,16H2,1-2H3,(H,30,33)(H,31,32);5*1H/t23-,24-;22-,23-;20-,23+;;;;;/m001...../s1. The molecule has 556 valence electrons. The molecule has 13 nitrogen and oxygen atoms in total. The van der Waals surface area contributed by atoms with Crippen molar-refractivity contribution in [2.24, 2.45) is 5.92 Å². The van der Waals surface area contributed by atoms with Crippen molar-refractivity contribution in [2.75, 3.05) is 20.1 Å². The molecule has 6 aromatic carbocycles. The van der Waals surface area contributed by atoms with Gasteiger partial charge in [-0.15, -0.1) is 0 Å². The first-order valence-electron chi connectivity index (χ1n) is 34.8. The molecule has 0 spiro atoms. The zero-order valence-electron chi connectivity index (χ0n) is 59.0. The second-order valence-electron chi connectivity index (χ2n) is 27.4. The summed E-state index contributed by atoms with van der Waals surface area (Å²) >= 11 is 0. The lowest BCUT2D eigenvalue weighted by molar-refractivity contribution is -0.138. The summed E-state index contributed by atoms with van der Waals surface area (Å²) in [6.45, 7) is 15.6. The van der Waals surface area contributed by atoms with E-state index in [2.05, 4.69) is 141 Å². The van der Waals surface area contributed by atoms with Crippen LogP contribution in [-0.4, -0.2) is 90.6 Å². The Labute approximate surface area is 594 Å². The SMILES string of the molecule is Cc1cc(C)c(CN[C@H]2CCCC[C@@H]2NC(=O)CCC(=O)c2cccc(C(F)(F)F)c2)c(C)c1.Cc1ccc(CC[C@H]2CCCC[C@@H]2NC(=O)CNC(=O)c2cccc(C(F)(F)F)c2)c(C)c1.Cc1ccc(CN(C)[C@H]2CCCC[C@@H]2NC(=O)CNC(=O)c2cccc(C(F)(F)F)c2)c(C)c1.[HH].[HH].[HH].[HH].[HH]. The van der Waals surface area contributed by atoms with Crippen LogP contribution in [0.2, 0.25) is 0 Å². The second-order valence-corrected chi connectivity index (χ2v) is 27.4.